The molecule has 0 spiro atoms. The van der Waals surface area contributed by atoms with Gasteiger partial charge in [-0.3, -0.25) is 4.79 Å². The molecule has 0 radical (unpaired) electrons. The Hall–Kier alpha value is -2.56. The number of carboxylic acid groups (broad SMARTS) is 1. The number of nitrogens with zero attached hydrogens (tertiary/aromatic N) is 1. The van der Waals surface area contributed by atoms with Gasteiger partial charge in [-0.05, 0) is 5.56 Å². The number of benzene rings is 1. The largest absolute Gasteiger partial charge is 0.478 e. The topological polar surface area (TPSA) is 70.8 Å². The van der Waals surface area contributed by atoms with Crippen LogP contribution in [-0.2, 0) is 6.54 Å². The molecule has 0 saturated carbocycles. The normalized spacial score (nSPS) is 10.2. The van der Waals surface area contributed by atoms with Gasteiger partial charge in [0.05, 0.1) is 5.56 Å². The summed E-state index contributed by atoms with van der Waals surface area (Å²) >= 11 is 0. The number of carboxylic acids is 1. The van der Waals surface area contributed by atoms with Crippen LogP contribution >= 0.6 is 0 Å². The second kappa shape index (κ2) is 5.39. The molecular weight excluding hydrogens is 246 g/mol. The number of hydrogen-bond acceptors (Lipinski definition) is 3. The van der Waals surface area contributed by atoms with Gasteiger partial charge in [0, 0.05) is 19.7 Å². The molecule has 5 nitrogen and oxygen atoms in total. The van der Waals surface area contributed by atoms with Gasteiger partial charge in [-0.1, -0.05) is 30.3 Å². The summed E-state index contributed by atoms with van der Waals surface area (Å²) in [5.74, 6) is -1.44. The van der Waals surface area contributed by atoms with Crippen molar-refractivity contribution in [2.75, 3.05) is 7.05 Å². The molecule has 1 amide bonds. The van der Waals surface area contributed by atoms with Crippen LogP contribution in [0.5, 0.6) is 0 Å². The van der Waals surface area contributed by atoms with Gasteiger partial charge in [0.2, 0.25) is 0 Å². The summed E-state index contributed by atoms with van der Waals surface area (Å²) < 4.78 is 4.97. The van der Waals surface area contributed by atoms with Crippen molar-refractivity contribution >= 4 is 11.9 Å². The molecule has 0 bridgehead atoms. The Kier molecular flexibility index (Phi) is 3.66. The lowest BCUT2D eigenvalue weighted by Crippen LogP contribution is -2.25. The Morgan fingerprint density at radius 1 is 1.26 bits per heavy atom. The summed E-state index contributed by atoms with van der Waals surface area (Å²) in [6, 6.07) is 10.7. The number of carbonyl (C=O) groups is 2. The third-order valence-electron chi connectivity index (χ3n) is 2.67. The third kappa shape index (κ3) is 3.01. The molecule has 0 aliphatic rings. The van der Waals surface area contributed by atoms with Gasteiger partial charge in [-0.2, -0.15) is 0 Å². The maximum Gasteiger partial charge on any atom is 0.338 e. The third-order valence-corrected chi connectivity index (χ3v) is 2.67. The van der Waals surface area contributed by atoms with Gasteiger partial charge >= 0.3 is 5.97 Å². The highest BCUT2D eigenvalue weighted by molar-refractivity contribution is 5.95. The molecule has 0 fully saturated rings. The summed E-state index contributed by atoms with van der Waals surface area (Å²) in [7, 11) is 1.64. The minimum absolute atomic E-state index is 0.0239. The van der Waals surface area contributed by atoms with Gasteiger partial charge in [0.15, 0.2) is 5.76 Å². The lowest BCUT2D eigenvalue weighted by atomic mass is 10.2. The van der Waals surface area contributed by atoms with E-state index in [1.807, 2.05) is 30.3 Å². The van der Waals surface area contributed by atoms with Crippen LogP contribution in [0.2, 0.25) is 0 Å². The van der Waals surface area contributed by atoms with E-state index in [2.05, 4.69) is 0 Å². The number of carbonyl (C=O) groups excluding carboxylic acids is 1. The van der Waals surface area contributed by atoms with E-state index in [4.69, 9.17) is 9.52 Å². The number of furan rings is 1. The molecule has 98 valence electrons. The van der Waals surface area contributed by atoms with Crippen molar-refractivity contribution in [3.05, 3.63) is 59.5 Å². The zero-order valence-electron chi connectivity index (χ0n) is 10.4. The molecule has 1 aromatic heterocycles. The van der Waals surface area contributed by atoms with E-state index in [1.54, 1.807) is 7.05 Å². The van der Waals surface area contributed by atoms with Crippen molar-refractivity contribution in [1.82, 2.24) is 4.90 Å². The lowest BCUT2D eigenvalue weighted by molar-refractivity contribution is 0.0695. The number of rotatable bonds is 4. The highest BCUT2D eigenvalue weighted by Crippen LogP contribution is 2.12. The summed E-state index contributed by atoms with van der Waals surface area (Å²) in [5, 5.41) is 8.77. The van der Waals surface area contributed by atoms with Crippen LogP contribution in [-0.4, -0.2) is 28.9 Å². The van der Waals surface area contributed by atoms with E-state index in [1.165, 1.54) is 11.0 Å². The van der Waals surface area contributed by atoms with E-state index in [9.17, 15) is 9.59 Å². The average Bonchev–Trinajstić information content (AvgIpc) is 2.88. The van der Waals surface area contributed by atoms with Crippen LogP contribution < -0.4 is 0 Å². The van der Waals surface area contributed by atoms with Crippen molar-refractivity contribution in [2.24, 2.45) is 0 Å². The van der Waals surface area contributed by atoms with Gasteiger partial charge in [-0.15, -0.1) is 0 Å². The molecule has 1 aromatic carbocycles. The van der Waals surface area contributed by atoms with Gasteiger partial charge in [-0.25, -0.2) is 4.79 Å². The van der Waals surface area contributed by atoms with E-state index in [-0.39, 0.29) is 17.2 Å². The van der Waals surface area contributed by atoms with Crippen LogP contribution in [0, 0.1) is 0 Å². The van der Waals surface area contributed by atoms with Crippen molar-refractivity contribution in [3.63, 3.8) is 0 Å². The molecule has 1 N–H and O–H groups in total. The SMILES string of the molecule is CN(Cc1ccccc1)C(=O)c1cc(C(=O)O)co1. The van der Waals surface area contributed by atoms with E-state index in [0.717, 1.165) is 11.8 Å². The maximum absolute atomic E-state index is 12.0. The zero-order chi connectivity index (χ0) is 13.8. The maximum atomic E-state index is 12.0. The van der Waals surface area contributed by atoms with Crippen molar-refractivity contribution in [3.8, 4) is 0 Å². The second-order valence-corrected chi connectivity index (χ2v) is 4.15. The number of amides is 1. The van der Waals surface area contributed by atoms with E-state index in [0.29, 0.717) is 6.54 Å². The lowest BCUT2D eigenvalue weighted by Gasteiger charge is -2.15. The zero-order valence-corrected chi connectivity index (χ0v) is 10.4. The van der Waals surface area contributed by atoms with Gasteiger partial charge in [0.25, 0.3) is 5.91 Å². The van der Waals surface area contributed by atoms with E-state index >= 15 is 0 Å². The van der Waals surface area contributed by atoms with Gasteiger partial charge < -0.3 is 14.4 Å². The molecule has 0 saturated heterocycles. The van der Waals surface area contributed by atoms with Crippen molar-refractivity contribution in [1.29, 1.82) is 0 Å². The number of hydrogen-bond donors (Lipinski definition) is 1. The molecule has 0 atom stereocenters. The van der Waals surface area contributed by atoms with Gasteiger partial charge in [0.1, 0.15) is 6.26 Å². The summed E-state index contributed by atoms with van der Waals surface area (Å²) in [5.41, 5.74) is 0.958. The first-order chi connectivity index (χ1) is 9.08. The fourth-order valence-corrected chi connectivity index (χ4v) is 1.68. The first-order valence-electron chi connectivity index (χ1n) is 5.69. The summed E-state index contributed by atoms with van der Waals surface area (Å²) in [4.78, 5) is 24.2. The minimum atomic E-state index is -1.12. The van der Waals surface area contributed by atoms with Crippen LogP contribution in [0.3, 0.4) is 0 Å². The van der Waals surface area contributed by atoms with E-state index < -0.39 is 5.97 Å². The highest BCUT2D eigenvalue weighted by atomic mass is 16.4. The molecule has 0 aliphatic carbocycles. The molecule has 19 heavy (non-hydrogen) atoms. The average molecular weight is 259 g/mol. The fraction of sp³-hybridized carbons (Fsp3) is 0.143. The van der Waals surface area contributed by atoms with Crippen LogP contribution in [0.15, 0.2) is 47.1 Å². The molecule has 2 aromatic rings. The van der Waals surface area contributed by atoms with Crippen molar-refractivity contribution in [2.45, 2.75) is 6.54 Å². The smallest absolute Gasteiger partial charge is 0.338 e. The second-order valence-electron chi connectivity index (χ2n) is 4.15. The molecule has 5 heteroatoms. The Balaban J connectivity index is 2.08. The van der Waals surface area contributed by atoms with Crippen molar-refractivity contribution < 1.29 is 19.1 Å². The summed E-state index contributed by atoms with van der Waals surface area (Å²) in [6.45, 7) is 0.433. The first kappa shape index (κ1) is 12.9. The first-order valence-corrected chi connectivity index (χ1v) is 5.69. The monoisotopic (exact) mass is 259 g/mol. The van der Waals surface area contributed by atoms with Crippen LogP contribution in [0.1, 0.15) is 26.5 Å². The Bertz CT molecular complexity index is 589. The highest BCUT2D eigenvalue weighted by Gasteiger charge is 2.18. The predicted octanol–water partition coefficient (Wildman–Crippen LogP) is 2.25. The molecule has 2 rings (SSSR count). The Morgan fingerprint density at radius 3 is 2.53 bits per heavy atom. The fourth-order valence-electron chi connectivity index (χ4n) is 1.68. The van der Waals surface area contributed by atoms with Crippen LogP contribution in [0.25, 0.3) is 0 Å². The number of aromatic carboxylic acids is 1. The predicted molar refractivity (Wildman–Crippen MR) is 67.9 cm³/mol. The summed E-state index contributed by atoms with van der Waals surface area (Å²) in [6.07, 6.45) is 1.06. The Labute approximate surface area is 110 Å². The molecule has 1 heterocycles. The standard InChI is InChI=1S/C14H13NO4/c1-15(8-10-5-3-2-4-6-10)13(16)12-7-11(9-19-12)14(17)18/h2-7,9H,8H2,1H3,(H,17,18). The Morgan fingerprint density at radius 2 is 1.95 bits per heavy atom. The molecular formula is C14H13NO4. The quantitative estimate of drug-likeness (QED) is 0.914. The minimum Gasteiger partial charge on any atom is -0.478 e. The van der Waals surface area contributed by atoms with Crippen LogP contribution in [0.4, 0.5) is 0 Å². The molecule has 0 aliphatic heterocycles. The molecule has 0 unspecified atom stereocenters.